The normalized spacial score (nSPS) is 29.0. The van der Waals surface area contributed by atoms with Crippen molar-refractivity contribution in [3.63, 3.8) is 0 Å². The minimum Gasteiger partial charge on any atom is -0.355 e. The van der Waals surface area contributed by atoms with Gasteiger partial charge >= 0.3 is 0 Å². The Balaban J connectivity index is 1.05. The molecular weight excluding hydrogens is 392 g/mol. The predicted molar refractivity (Wildman–Crippen MR) is 123 cm³/mol. The molecule has 3 aliphatic carbocycles. The fourth-order valence-corrected chi connectivity index (χ4v) is 6.61. The number of halogens is 1. The van der Waals surface area contributed by atoms with Gasteiger partial charge in [0.25, 0.3) is 0 Å². The van der Waals surface area contributed by atoms with Crippen LogP contribution in [0.2, 0.25) is 5.02 Å². The van der Waals surface area contributed by atoms with Crippen LogP contribution in [-0.4, -0.2) is 37.0 Å². The number of carbonyl (C=O) groups is 1. The molecule has 4 aliphatic rings. The molecule has 1 aromatic carbocycles. The van der Waals surface area contributed by atoms with E-state index in [1.807, 2.05) is 24.3 Å². The van der Waals surface area contributed by atoms with Crippen molar-refractivity contribution in [2.75, 3.05) is 26.2 Å². The Kier molecular flexibility index (Phi) is 5.70. The van der Waals surface area contributed by atoms with E-state index in [1.54, 1.807) is 0 Å². The maximum Gasteiger partial charge on any atom is 0.230 e. The Morgan fingerprint density at radius 1 is 1.07 bits per heavy atom. The van der Waals surface area contributed by atoms with Gasteiger partial charge in [0.15, 0.2) is 0 Å². The fourth-order valence-electron chi connectivity index (χ4n) is 6.49. The number of benzene rings is 1. The van der Waals surface area contributed by atoms with E-state index in [4.69, 9.17) is 11.6 Å². The molecule has 3 nitrogen and oxygen atoms in total. The Morgan fingerprint density at radius 2 is 1.80 bits per heavy atom. The molecule has 1 spiro atoms. The minimum atomic E-state index is -0.298. The SMILES string of the molecule is O=C(NCCCN1CCC2(C=CC3CCCCC32)CC1)C1(c2ccc(Cl)cc2)CC1. The molecule has 1 N–H and O–H groups in total. The van der Waals surface area contributed by atoms with Gasteiger partial charge in [-0.2, -0.15) is 0 Å². The molecule has 2 saturated carbocycles. The van der Waals surface area contributed by atoms with Gasteiger partial charge in [0.2, 0.25) is 5.91 Å². The molecule has 1 heterocycles. The van der Waals surface area contributed by atoms with E-state index < -0.39 is 0 Å². The standard InChI is InChI=1S/C26H35ClN2O/c27-22-8-6-21(7-9-22)26(12-13-26)24(30)28-16-3-17-29-18-14-25(15-19-29)11-10-20-4-1-2-5-23(20)25/h6-11,20,23H,1-5,12-19H2,(H,28,30). The molecule has 2 unspecified atom stereocenters. The summed E-state index contributed by atoms with van der Waals surface area (Å²) in [5, 5.41) is 3.94. The average Bonchev–Trinajstić information content (AvgIpc) is 3.52. The second kappa shape index (κ2) is 8.31. The third kappa shape index (κ3) is 3.84. The van der Waals surface area contributed by atoms with Crippen LogP contribution >= 0.6 is 11.6 Å². The molecule has 1 aromatic rings. The number of nitrogens with one attached hydrogen (secondary N) is 1. The molecule has 2 atom stereocenters. The van der Waals surface area contributed by atoms with Gasteiger partial charge in [0, 0.05) is 11.6 Å². The van der Waals surface area contributed by atoms with Gasteiger partial charge in [-0.1, -0.05) is 48.7 Å². The van der Waals surface area contributed by atoms with Crippen molar-refractivity contribution in [2.24, 2.45) is 17.3 Å². The first kappa shape index (κ1) is 20.6. The summed E-state index contributed by atoms with van der Waals surface area (Å²) in [7, 11) is 0. The van der Waals surface area contributed by atoms with Crippen LogP contribution in [0.3, 0.4) is 0 Å². The Morgan fingerprint density at radius 3 is 2.53 bits per heavy atom. The maximum atomic E-state index is 12.8. The molecule has 3 fully saturated rings. The second-order valence-corrected chi connectivity index (χ2v) is 10.6. The minimum absolute atomic E-state index is 0.196. The first-order valence-corrected chi connectivity index (χ1v) is 12.5. The van der Waals surface area contributed by atoms with Gasteiger partial charge in [-0.05, 0) is 99.5 Å². The highest BCUT2D eigenvalue weighted by Gasteiger charge is 2.51. The summed E-state index contributed by atoms with van der Waals surface area (Å²) in [5.74, 6) is 1.99. The zero-order valence-corrected chi connectivity index (χ0v) is 18.8. The molecule has 0 radical (unpaired) electrons. The van der Waals surface area contributed by atoms with Crippen LogP contribution in [0, 0.1) is 17.3 Å². The van der Waals surface area contributed by atoms with Gasteiger partial charge in [-0.25, -0.2) is 0 Å². The number of allylic oxidation sites excluding steroid dienone is 2. The topological polar surface area (TPSA) is 32.3 Å². The van der Waals surface area contributed by atoms with Crippen LogP contribution in [0.15, 0.2) is 36.4 Å². The van der Waals surface area contributed by atoms with Crippen LogP contribution in [0.1, 0.15) is 63.4 Å². The number of likely N-dealkylation sites (tertiary alicyclic amines) is 1. The van der Waals surface area contributed by atoms with Gasteiger partial charge in [0.1, 0.15) is 0 Å². The van der Waals surface area contributed by atoms with Gasteiger partial charge in [0.05, 0.1) is 5.41 Å². The van der Waals surface area contributed by atoms with Gasteiger partial charge in [-0.15, -0.1) is 0 Å². The van der Waals surface area contributed by atoms with Crippen molar-refractivity contribution < 1.29 is 4.79 Å². The maximum absolute atomic E-state index is 12.8. The number of carbonyl (C=O) groups excluding carboxylic acids is 1. The second-order valence-electron chi connectivity index (χ2n) is 10.2. The smallest absolute Gasteiger partial charge is 0.230 e. The quantitative estimate of drug-likeness (QED) is 0.492. The Bertz CT molecular complexity index is 790. The lowest BCUT2D eigenvalue weighted by Gasteiger charge is -2.45. The number of nitrogens with zero attached hydrogens (tertiary/aromatic N) is 1. The molecule has 1 aliphatic heterocycles. The van der Waals surface area contributed by atoms with E-state index in [0.29, 0.717) is 5.41 Å². The van der Waals surface area contributed by atoms with Crippen LogP contribution in [0.4, 0.5) is 0 Å². The van der Waals surface area contributed by atoms with Crippen molar-refractivity contribution in [1.82, 2.24) is 10.2 Å². The molecule has 5 rings (SSSR count). The molecule has 1 amide bonds. The van der Waals surface area contributed by atoms with Gasteiger partial charge < -0.3 is 10.2 Å². The average molecular weight is 427 g/mol. The Labute approximate surface area is 186 Å². The van der Waals surface area contributed by atoms with Crippen LogP contribution in [-0.2, 0) is 10.2 Å². The fraction of sp³-hybridized carbons (Fsp3) is 0.654. The van der Waals surface area contributed by atoms with Crippen LogP contribution < -0.4 is 5.32 Å². The Hall–Kier alpha value is -1.32. The molecule has 1 saturated heterocycles. The van der Waals surface area contributed by atoms with E-state index in [-0.39, 0.29) is 11.3 Å². The highest BCUT2D eigenvalue weighted by atomic mass is 35.5. The lowest BCUT2D eigenvalue weighted by Crippen LogP contribution is -2.44. The summed E-state index contributed by atoms with van der Waals surface area (Å²) in [5.41, 5.74) is 1.32. The lowest BCUT2D eigenvalue weighted by molar-refractivity contribution is -0.123. The summed E-state index contributed by atoms with van der Waals surface area (Å²) in [6.45, 7) is 4.31. The van der Waals surface area contributed by atoms with Gasteiger partial charge in [-0.3, -0.25) is 4.79 Å². The molecule has 30 heavy (non-hydrogen) atoms. The molecule has 162 valence electrons. The molecule has 4 heteroatoms. The van der Waals surface area contributed by atoms with E-state index in [1.165, 1.54) is 51.6 Å². The third-order valence-corrected chi connectivity index (χ3v) is 8.79. The van der Waals surface area contributed by atoms with Crippen molar-refractivity contribution >= 4 is 17.5 Å². The number of hydrogen-bond donors (Lipinski definition) is 1. The van der Waals surface area contributed by atoms with E-state index in [0.717, 1.165) is 54.8 Å². The van der Waals surface area contributed by atoms with E-state index in [9.17, 15) is 4.79 Å². The first-order valence-electron chi connectivity index (χ1n) is 12.1. The van der Waals surface area contributed by atoms with Crippen molar-refractivity contribution in [2.45, 2.75) is 63.2 Å². The predicted octanol–water partition coefficient (Wildman–Crippen LogP) is 5.34. The van der Waals surface area contributed by atoms with Crippen LogP contribution in [0.25, 0.3) is 0 Å². The third-order valence-electron chi connectivity index (χ3n) is 8.54. The largest absolute Gasteiger partial charge is 0.355 e. The zero-order valence-electron chi connectivity index (χ0n) is 18.0. The number of fused-ring (bicyclic) bond motifs is 2. The van der Waals surface area contributed by atoms with Crippen molar-refractivity contribution in [3.8, 4) is 0 Å². The van der Waals surface area contributed by atoms with Crippen LogP contribution in [0.5, 0.6) is 0 Å². The number of piperidine rings is 1. The molecular formula is C26H35ClN2O. The summed E-state index contributed by atoms with van der Waals surface area (Å²) >= 11 is 6.00. The van der Waals surface area contributed by atoms with Crippen molar-refractivity contribution in [1.29, 1.82) is 0 Å². The lowest BCUT2D eigenvalue weighted by atomic mass is 9.64. The number of amides is 1. The highest BCUT2D eigenvalue weighted by Crippen LogP contribution is 2.54. The van der Waals surface area contributed by atoms with E-state index in [2.05, 4.69) is 22.4 Å². The summed E-state index contributed by atoms with van der Waals surface area (Å²) in [6, 6.07) is 7.80. The summed E-state index contributed by atoms with van der Waals surface area (Å²) < 4.78 is 0. The monoisotopic (exact) mass is 426 g/mol. The molecule has 0 aromatic heterocycles. The van der Waals surface area contributed by atoms with Crippen molar-refractivity contribution in [3.05, 3.63) is 47.0 Å². The number of rotatable bonds is 6. The van der Waals surface area contributed by atoms with E-state index >= 15 is 0 Å². The zero-order chi connectivity index (χ0) is 20.6. The number of hydrogen-bond acceptors (Lipinski definition) is 2. The highest BCUT2D eigenvalue weighted by molar-refractivity contribution is 6.30. The first-order chi connectivity index (χ1) is 14.6. The summed E-state index contributed by atoms with van der Waals surface area (Å²) in [4.78, 5) is 15.4. The summed E-state index contributed by atoms with van der Waals surface area (Å²) in [6.07, 6.45) is 16.5. The molecule has 0 bridgehead atoms.